The molecule has 1 N–H and O–H groups in total. The van der Waals surface area contributed by atoms with Gasteiger partial charge in [0.05, 0.1) is 6.61 Å². The van der Waals surface area contributed by atoms with Crippen LogP contribution in [0.5, 0.6) is 5.75 Å². The highest BCUT2D eigenvalue weighted by Crippen LogP contribution is 2.24. The van der Waals surface area contributed by atoms with Crippen LogP contribution < -0.4 is 10.1 Å². The minimum Gasteiger partial charge on any atom is -0.494 e. The first-order valence-corrected chi connectivity index (χ1v) is 7.79. The maximum Gasteiger partial charge on any atom is 0.223 e. The second kappa shape index (κ2) is 7.93. The SMILES string of the molecule is CCOc1ccccc1CCCNC(=O)C1CCCC1. The van der Waals surface area contributed by atoms with Crippen LogP contribution in [0, 0.1) is 5.92 Å². The number of hydrogen-bond acceptors (Lipinski definition) is 2. The predicted molar refractivity (Wildman–Crippen MR) is 80.9 cm³/mol. The second-order valence-electron chi connectivity index (χ2n) is 5.42. The van der Waals surface area contributed by atoms with E-state index in [9.17, 15) is 4.79 Å². The molecule has 20 heavy (non-hydrogen) atoms. The van der Waals surface area contributed by atoms with Gasteiger partial charge in [-0.25, -0.2) is 0 Å². The van der Waals surface area contributed by atoms with Gasteiger partial charge in [0.2, 0.25) is 5.91 Å². The Morgan fingerprint density at radius 2 is 2.05 bits per heavy atom. The van der Waals surface area contributed by atoms with Gasteiger partial charge in [0.15, 0.2) is 0 Å². The number of hydrogen-bond donors (Lipinski definition) is 1. The van der Waals surface area contributed by atoms with Crippen molar-refractivity contribution in [3.63, 3.8) is 0 Å². The van der Waals surface area contributed by atoms with Gasteiger partial charge in [-0.2, -0.15) is 0 Å². The number of benzene rings is 1. The van der Waals surface area contributed by atoms with Gasteiger partial charge >= 0.3 is 0 Å². The summed E-state index contributed by atoms with van der Waals surface area (Å²) >= 11 is 0. The van der Waals surface area contributed by atoms with Crippen LogP contribution in [0.25, 0.3) is 0 Å². The summed E-state index contributed by atoms with van der Waals surface area (Å²) < 4.78 is 5.61. The third-order valence-corrected chi connectivity index (χ3v) is 3.92. The quantitative estimate of drug-likeness (QED) is 0.775. The Balaban J connectivity index is 1.71. The van der Waals surface area contributed by atoms with Gasteiger partial charge in [-0.3, -0.25) is 4.79 Å². The molecule has 110 valence electrons. The van der Waals surface area contributed by atoms with E-state index in [4.69, 9.17) is 4.74 Å². The highest BCUT2D eigenvalue weighted by atomic mass is 16.5. The molecular formula is C17H25NO2. The molecule has 1 amide bonds. The molecule has 1 aromatic carbocycles. The topological polar surface area (TPSA) is 38.3 Å². The summed E-state index contributed by atoms with van der Waals surface area (Å²) in [5.74, 6) is 1.49. The van der Waals surface area contributed by atoms with Gasteiger partial charge < -0.3 is 10.1 Å². The molecule has 0 aromatic heterocycles. The molecule has 1 aliphatic rings. The molecule has 0 spiro atoms. The number of amides is 1. The number of para-hydroxylation sites is 1. The van der Waals surface area contributed by atoms with Crippen molar-refractivity contribution in [1.29, 1.82) is 0 Å². The Hall–Kier alpha value is -1.51. The lowest BCUT2D eigenvalue weighted by molar-refractivity contribution is -0.124. The summed E-state index contributed by atoms with van der Waals surface area (Å²) in [5, 5.41) is 3.07. The first-order valence-electron chi connectivity index (χ1n) is 7.79. The monoisotopic (exact) mass is 275 g/mol. The van der Waals surface area contributed by atoms with Crippen molar-refractivity contribution in [3.05, 3.63) is 29.8 Å². The van der Waals surface area contributed by atoms with E-state index in [1.54, 1.807) is 0 Å². The highest BCUT2D eigenvalue weighted by Gasteiger charge is 2.21. The van der Waals surface area contributed by atoms with E-state index >= 15 is 0 Å². The Bertz CT molecular complexity index is 425. The lowest BCUT2D eigenvalue weighted by Gasteiger charge is -2.12. The molecule has 3 heteroatoms. The van der Waals surface area contributed by atoms with Crippen molar-refractivity contribution in [1.82, 2.24) is 5.32 Å². The van der Waals surface area contributed by atoms with Gasteiger partial charge in [-0.15, -0.1) is 0 Å². The Morgan fingerprint density at radius 3 is 2.80 bits per heavy atom. The molecule has 1 fully saturated rings. The number of carbonyl (C=O) groups is 1. The molecule has 0 radical (unpaired) electrons. The zero-order valence-corrected chi connectivity index (χ0v) is 12.4. The summed E-state index contributed by atoms with van der Waals surface area (Å²) in [6, 6.07) is 8.14. The van der Waals surface area contributed by atoms with Gasteiger partial charge in [-0.05, 0) is 44.2 Å². The predicted octanol–water partition coefficient (Wildman–Crippen LogP) is 3.32. The van der Waals surface area contributed by atoms with Gasteiger partial charge in [0, 0.05) is 12.5 Å². The van der Waals surface area contributed by atoms with Crippen LogP contribution in [-0.2, 0) is 11.2 Å². The summed E-state index contributed by atoms with van der Waals surface area (Å²) in [7, 11) is 0. The van der Waals surface area contributed by atoms with E-state index in [-0.39, 0.29) is 11.8 Å². The zero-order valence-electron chi connectivity index (χ0n) is 12.4. The van der Waals surface area contributed by atoms with Crippen molar-refractivity contribution in [2.24, 2.45) is 5.92 Å². The molecule has 0 atom stereocenters. The van der Waals surface area contributed by atoms with E-state index in [0.717, 1.165) is 38.0 Å². The third-order valence-electron chi connectivity index (χ3n) is 3.92. The van der Waals surface area contributed by atoms with Crippen LogP contribution in [-0.4, -0.2) is 19.1 Å². The van der Waals surface area contributed by atoms with Crippen LogP contribution in [0.2, 0.25) is 0 Å². The minimum absolute atomic E-state index is 0.251. The second-order valence-corrected chi connectivity index (χ2v) is 5.42. The highest BCUT2D eigenvalue weighted by molar-refractivity contribution is 5.78. The van der Waals surface area contributed by atoms with Crippen LogP contribution in [0.3, 0.4) is 0 Å². The molecular weight excluding hydrogens is 250 g/mol. The van der Waals surface area contributed by atoms with Crippen LogP contribution in [0.15, 0.2) is 24.3 Å². The van der Waals surface area contributed by atoms with E-state index in [0.29, 0.717) is 6.61 Å². The van der Waals surface area contributed by atoms with Crippen molar-refractivity contribution < 1.29 is 9.53 Å². The van der Waals surface area contributed by atoms with Crippen molar-refractivity contribution in [3.8, 4) is 5.75 Å². The number of ether oxygens (including phenoxy) is 1. The molecule has 1 saturated carbocycles. The maximum atomic E-state index is 11.9. The average Bonchev–Trinajstić information content (AvgIpc) is 2.99. The first-order chi connectivity index (χ1) is 9.81. The van der Waals surface area contributed by atoms with Crippen LogP contribution in [0.4, 0.5) is 0 Å². The molecule has 0 saturated heterocycles. The fourth-order valence-corrected chi connectivity index (χ4v) is 2.83. The summed E-state index contributed by atoms with van der Waals surface area (Å²) in [6.07, 6.45) is 6.46. The fraction of sp³-hybridized carbons (Fsp3) is 0.588. The van der Waals surface area contributed by atoms with Gasteiger partial charge in [0.25, 0.3) is 0 Å². The van der Waals surface area contributed by atoms with E-state index in [2.05, 4.69) is 11.4 Å². The molecule has 1 aromatic rings. The average molecular weight is 275 g/mol. The van der Waals surface area contributed by atoms with E-state index in [1.807, 2.05) is 25.1 Å². The number of nitrogens with one attached hydrogen (secondary N) is 1. The largest absolute Gasteiger partial charge is 0.494 e. The summed E-state index contributed by atoms with van der Waals surface area (Å²) in [6.45, 7) is 3.45. The lowest BCUT2D eigenvalue weighted by Crippen LogP contribution is -2.30. The molecule has 0 bridgehead atoms. The zero-order chi connectivity index (χ0) is 14.2. The fourth-order valence-electron chi connectivity index (χ4n) is 2.83. The minimum atomic E-state index is 0.251. The van der Waals surface area contributed by atoms with E-state index in [1.165, 1.54) is 18.4 Å². The Kier molecular flexibility index (Phi) is 5.90. The van der Waals surface area contributed by atoms with Gasteiger partial charge in [0.1, 0.15) is 5.75 Å². The summed E-state index contributed by atoms with van der Waals surface area (Å²) in [5.41, 5.74) is 1.23. The third kappa shape index (κ3) is 4.26. The molecule has 0 heterocycles. The van der Waals surface area contributed by atoms with Crippen LogP contribution in [0.1, 0.15) is 44.6 Å². The first kappa shape index (κ1) is 14.9. The Labute approximate surface area is 121 Å². The Morgan fingerprint density at radius 1 is 1.30 bits per heavy atom. The van der Waals surface area contributed by atoms with Gasteiger partial charge in [-0.1, -0.05) is 31.0 Å². The number of rotatable bonds is 7. The number of carbonyl (C=O) groups excluding carboxylic acids is 1. The van der Waals surface area contributed by atoms with Crippen molar-refractivity contribution >= 4 is 5.91 Å². The van der Waals surface area contributed by atoms with Crippen molar-refractivity contribution in [2.75, 3.05) is 13.2 Å². The van der Waals surface area contributed by atoms with E-state index < -0.39 is 0 Å². The standard InChI is InChI=1S/C17H25NO2/c1-2-20-16-12-6-5-8-14(16)11-7-13-18-17(19)15-9-3-4-10-15/h5-6,8,12,15H,2-4,7,9-11,13H2,1H3,(H,18,19). The molecule has 2 rings (SSSR count). The normalized spacial score (nSPS) is 15.2. The number of aryl methyl sites for hydroxylation is 1. The summed E-state index contributed by atoms with van der Waals surface area (Å²) in [4.78, 5) is 11.9. The molecule has 0 aliphatic heterocycles. The lowest BCUT2D eigenvalue weighted by atomic mass is 10.1. The van der Waals surface area contributed by atoms with Crippen LogP contribution >= 0.6 is 0 Å². The van der Waals surface area contributed by atoms with Crippen molar-refractivity contribution in [2.45, 2.75) is 45.4 Å². The maximum absolute atomic E-state index is 11.9. The smallest absolute Gasteiger partial charge is 0.223 e. The molecule has 0 unspecified atom stereocenters. The molecule has 1 aliphatic carbocycles. The molecule has 3 nitrogen and oxygen atoms in total.